The maximum Gasteiger partial charge on any atom is 0.251 e. The van der Waals surface area contributed by atoms with Crippen LogP contribution in [-0.4, -0.2) is 35.8 Å². The van der Waals surface area contributed by atoms with E-state index in [0.717, 1.165) is 18.4 Å². The second-order valence-corrected chi connectivity index (χ2v) is 7.62. The number of hydrogen-bond donors (Lipinski definition) is 1. The van der Waals surface area contributed by atoms with E-state index in [2.05, 4.69) is 15.5 Å². The van der Waals surface area contributed by atoms with Crippen LogP contribution >= 0.6 is 0 Å². The molecule has 0 radical (unpaired) electrons. The highest BCUT2D eigenvalue weighted by molar-refractivity contribution is 5.94. The number of ether oxygens (including phenoxy) is 2. The number of hydrogen-bond acceptors (Lipinski definition) is 6. The first-order valence-electron chi connectivity index (χ1n) is 10.2. The highest BCUT2D eigenvalue weighted by atomic mass is 19.1. The van der Waals surface area contributed by atoms with Gasteiger partial charge in [0, 0.05) is 37.7 Å². The number of aryl methyl sites for hydroxylation is 1. The summed E-state index contributed by atoms with van der Waals surface area (Å²) in [6.45, 7) is 3.57. The number of carbonyl (C=O) groups excluding carboxylic acids is 1. The average Bonchev–Trinajstić information content (AvgIpc) is 3.22. The van der Waals surface area contributed by atoms with E-state index < -0.39 is 0 Å². The first-order chi connectivity index (χ1) is 15.0. The van der Waals surface area contributed by atoms with Crippen LogP contribution in [0.15, 0.2) is 53.1 Å². The quantitative estimate of drug-likeness (QED) is 0.623. The van der Waals surface area contributed by atoms with Crippen molar-refractivity contribution in [2.24, 2.45) is 0 Å². The molecule has 0 saturated carbocycles. The van der Waals surface area contributed by atoms with Crippen molar-refractivity contribution in [3.8, 4) is 5.75 Å². The summed E-state index contributed by atoms with van der Waals surface area (Å²) in [5.41, 5.74) is 1.27. The number of amides is 1. The van der Waals surface area contributed by atoms with Crippen molar-refractivity contribution in [2.45, 2.75) is 31.8 Å². The van der Waals surface area contributed by atoms with Crippen molar-refractivity contribution >= 4 is 5.91 Å². The predicted molar refractivity (Wildman–Crippen MR) is 110 cm³/mol. The lowest BCUT2D eigenvalue weighted by atomic mass is 9.74. The van der Waals surface area contributed by atoms with Gasteiger partial charge in [0.05, 0.1) is 0 Å². The van der Waals surface area contributed by atoms with Crippen LogP contribution in [0.4, 0.5) is 4.39 Å². The van der Waals surface area contributed by atoms with Crippen molar-refractivity contribution in [2.75, 3.05) is 19.8 Å². The summed E-state index contributed by atoms with van der Waals surface area (Å²) in [5.74, 6) is 1.10. The third-order valence-corrected chi connectivity index (χ3v) is 5.55. The molecule has 0 unspecified atom stereocenters. The summed E-state index contributed by atoms with van der Waals surface area (Å²) in [4.78, 5) is 16.8. The molecule has 2 heterocycles. The first-order valence-corrected chi connectivity index (χ1v) is 10.2. The van der Waals surface area contributed by atoms with Crippen molar-refractivity contribution in [3.63, 3.8) is 0 Å². The van der Waals surface area contributed by atoms with Gasteiger partial charge in [-0.15, -0.1) is 0 Å². The van der Waals surface area contributed by atoms with Crippen LogP contribution in [0.2, 0.25) is 0 Å². The minimum absolute atomic E-state index is 0.173. The Morgan fingerprint density at radius 3 is 2.48 bits per heavy atom. The Labute approximate surface area is 179 Å². The molecular weight excluding hydrogens is 401 g/mol. The molecule has 1 aliphatic heterocycles. The number of nitrogens with zero attached hydrogens (tertiary/aromatic N) is 2. The molecule has 162 valence electrons. The molecule has 4 rings (SSSR count). The molecule has 7 nitrogen and oxygen atoms in total. The summed E-state index contributed by atoms with van der Waals surface area (Å²) in [5, 5.41) is 6.82. The van der Waals surface area contributed by atoms with Crippen LogP contribution in [0.5, 0.6) is 5.75 Å². The third kappa shape index (κ3) is 5.08. The minimum atomic E-state index is -0.272. The molecule has 1 N–H and O–H groups in total. The molecule has 0 aliphatic carbocycles. The molecule has 1 fully saturated rings. The van der Waals surface area contributed by atoms with Gasteiger partial charge in [-0.05, 0) is 54.8 Å². The van der Waals surface area contributed by atoms with Crippen molar-refractivity contribution in [1.29, 1.82) is 0 Å². The lowest BCUT2D eigenvalue weighted by Gasteiger charge is -2.38. The van der Waals surface area contributed by atoms with E-state index in [1.807, 2.05) is 0 Å². The Hall–Kier alpha value is -3.26. The molecule has 0 spiro atoms. The van der Waals surface area contributed by atoms with E-state index in [4.69, 9.17) is 14.0 Å². The monoisotopic (exact) mass is 425 g/mol. The molecule has 31 heavy (non-hydrogen) atoms. The molecule has 1 saturated heterocycles. The molecular formula is C23H24FN3O4. The highest BCUT2D eigenvalue weighted by Gasteiger charge is 2.35. The number of halogens is 1. The van der Waals surface area contributed by atoms with E-state index in [9.17, 15) is 9.18 Å². The van der Waals surface area contributed by atoms with Crippen LogP contribution < -0.4 is 10.1 Å². The fourth-order valence-corrected chi connectivity index (χ4v) is 3.73. The standard InChI is InChI=1S/C23H24FN3O4/c1-16-26-21(27-31-16)14-30-20-8-2-17(3-9-20)22(28)25-15-23(10-12-29-13-11-23)18-4-6-19(24)7-5-18/h2-9H,10-15H2,1H3,(H,25,28). The van der Waals surface area contributed by atoms with Crippen molar-refractivity contribution in [3.05, 3.63) is 77.2 Å². The van der Waals surface area contributed by atoms with Gasteiger partial charge in [0.1, 0.15) is 11.6 Å². The number of carbonyl (C=O) groups is 1. The fourth-order valence-electron chi connectivity index (χ4n) is 3.73. The number of aromatic nitrogens is 2. The van der Waals surface area contributed by atoms with E-state index in [-0.39, 0.29) is 23.7 Å². The second-order valence-electron chi connectivity index (χ2n) is 7.62. The SMILES string of the molecule is Cc1nc(COc2ccc(C(=O)NCC3(c4ccc(F)cc4)CCOCC3)cc2)no1. The molecule has 0 bridgehead atoms. The normalized spacial score (nSPS) is 15.4. The molecule has 3 aromatic rings. The van der Waals surface area contributed by atoms with Gasteiger partial charge in [-0.3, -0.25) is 4.79 Å². The Bertz CT molecular complexity index is 1010. The van der Waals surface area contributed by atoms with Gasteiger partial charge in [-0.25, -0.2) is 4.39 Å². The van der Waals surface area contributed by atoms with Crippen LogP contribution in [-0.2, 0) is 16.8 Å². The zero-order valence-corrected chi connectivity index (χ0v) is 17.3. The number of rotatable bonds is 7. The molecule has 1 aliphatic rings. The summed E-state index contributed by atoms with van der Waals surface area (Å²) >= 11 is 0. The van der Waals surface area contributed by atoms with Crippen LogP contribution in [0.3, 0.4) is 0 Å². The highest BCUT2D eigenvalue weighted by Crippen LogP contribution is 2.34. The van der Waals surface area contributed by atoms with Gasteiger partial charge in [0.25, 0.3) is 5.91 Å². The van der Waals surface area contributed by atoms with Crippen molar-refractivity contribution < 1.29 is 23.2 Å². The Kier molecular flexibility index (Phi) is 6.27. The van der Waals surface area contributed by atoms with Gasteiger partial charge >= 0.3 is 0 Å². The Morgan fingerprint density at radius 2 is 1.84 bits per heavy atom. The average molecular weight is 425 g/mol. The molecule has 0 atom stereocenters. The van der Waals surface area contributed by atoms with Crippen molar-refractivity contribution in [1.82, 2.24) is 15.5 Å². The minimum Gasteiger partial charge on any atom is -0.485 e. The zero-order chi connectivity index (χ0) is 21.7. The van der Waals surface area contributed by atoms with E-state index >= 15 is 0 Å². The van der Waals surface area contributed by atoms with Gasteiger partial charge in [-0.2, -0.15) is 4.98 Å². The first kappa shape index (κ1) is 21.0. The van der Waals surface area contributed by atoms with Gasteiger partial charge < -0.3 is 19.3 Å². The Morgan fingerprint density at radius 1 is 1.13 bits per heavy atom. The topological polar surface area (TPSA) is 86.5 Å². The van der Waals surface area contributed by atoms with Gasteiger partial charge in [0.15, 0.2) is 6.61 Å². The molecule has 8 heteroatoms. The number of benzene rings is 2. The third-order valence-electron chi connectivity index (χ3n) is 5.55. The largest absolute Gasteiger partial charge is 0.485 e. The van der Waals surface area contributed by atoms with Crippen LogP contribution in [0.25, 0.3) is 0 Å². The van der Waals surface area contributed by atoms with Crippen LogP contribution in [0, 0.1) is 12.7 Å². The maximum absolute atomic E-state index is 13.4. The second kappa shape index (κ2) is 9.26. The summed E-state index contributed by atoms with van der Waals surface area (Å²) in [6, 6.07) is 13.4. The lowest BCUT2D eigenvalue weighted by Crippen LogP contribution is -2.44. The van der Waals surface area contributed by atoms with Gasteiger partial charge in [-0.1, -0.05) is 17.3 Å². The molecule has 1 aromatic heterocycles. The van der Waals surface area contributed by atoms with Crippen LogP contribution in [0.1, 0.15) is 40.5 Å². The van der Waals surface area contributed by atoms with E-state index in [1.165, 1.54) is 12.1 Å². The summed E-state index contributed by atoms with van der Waals surface area (Å²) < 4.78 is 29.4. The summed E-state index contributed by atoms with van der Waals surface area (Å²) in [6.07, 6.45) is 1.53. The molecule has 2 aromatic carbocycles. The molecule has 1 amide bonds. The smallest absolute Gasteiger partial charge is 0.251 e. The number of nitrogens with one attached hydrogen (secondary N) is 1. The maximum atomic E-state index is 13.4. The van der Waals surface area contributed by atoms with E-state index in [1.54, 1.807) is 43.3 Å². The predicted octanol–water partition coefficient (Wildman–Crippen LogP) is 3.57. The lowest BCUT2D eigenvalue weighted by molar-refractivity contribution is 0.0487. The Balaban J connectivity index is 1.38. The van der Waals surface area contributed by atoms with Gasteiger partial charge in [0.2, 0.25) is 11.7 Å². The summed E-state index contributed by atoms with van der Waals surface area (Å²) in [7, 11) is 0. The van der Waals surface area contributed by atoms with E-state index in [0.29, 0.717) is 42.8 Å². The zero-order valence-electron chi connectivity index (χ0n) is 17.3. The fraction of sp³-hybridized carbons (Fsp3) is 0.348.